The van der Waals surface area contributed by atoms with E-state index in [0.717, 1.165) is 12.8 Å². The summed E-state index contributed by atoms with van der Waals surface area (Å²) in [4.78, 5) is 0.298. The van der Waals surface area contributed by atoms with Crippen molar-refractivity contribution in [2.75, 3.05) is 6.61 Å². The summed E-state index contributed by atoms with van der Waals surface area (Å²) in [7, 11) is -1.96. The van der Waals surface area contributed by atoms with Gasteiger partial charge in [-0.05, 0) is 32.1 Å². The van der Waals surface area contributed by atoms with Gasteiger partial charge in [-0.2, -0.15) is 9.40 Å². The van der Waals surface area contributed by atoms with Crippen molar-refractivity contribution < 1.29 is 13.2 Å². The Bertz CT molecular complexity index is 734. The highest BCUT2D eigenvalue weighted by Crippen LogP contribution is 2.40. The van der Waals surface area contributed by atoms with Crippen molar-refractivity contribution in [3.8, 4) is 0 Å². The number of nitrogens with zero attached hydrogens (tertiary/aromatic N) is 3. The Morgan fingerprint density at radius 1 is 1.38 bits per heavy atom. The lowest BCUT2D eigenvalue weighted by atomic mass is 9.92. The van der Waals surface area contributed by atoms with Crippen molar-refractivity contribution in [3.63, 3.8) is 0 Å². The van der Waals surface area contributed by atoms with Crippen molar-refractivity contribution in [2.45, 2.75) is 89.8 Å². The van der Waals surface area contributed by atoms with Crippen molar-refractivity contribution in [1.29, 1.82) is 0 Å². The van der Waals surface area contributed by atoms with Crippen molar-refractivity contribution in [1.82, 2.24) is 14.1 Å². The number of ether oxygens (including phenoxy) is 1. The van der Waals surface area contributed by atoms with Crippen LogP contribution in [0, 0.1) is 5.92 Å². The van der Waals surface area contributed by atoms with Crippen LogP contribution >= 0.6 is 0 Å². The van der Waals surface area contributed by atoms with Crippen molar-refractivity contribution >= 4 is 10.0 Å². The van der Waals surface area contributed by atoms with Gasteiger partial charge in [-0.15, -0.1) is 0 Å². The molecule has 2 unspecified atom stereocenters. The van der Waals surface area contributed by atoms with E-state index in [0.29, 0.717) is 29.5 Å². The summed E-state index contributed by atoms with van der Waals surface area (Å²) in [5.74, 6) is 0.490. The van der Waals surface area contributed by atoms with Gasteiger partial charge in [0.2, 0.25) is 10.0 Å². The molecule has 1 aromatic rings. The van der Waals surface area contributed by atoms with Crippen LogP contribution in [0.1, 0.15) is 73.4 Å². The van der Waals surface area contributed by atoms with Gasteiger partial charge in [0.15, 0.2) is 0 Å². The fourth-order valence-corrected chi connectivity index (χ4v) is 5.89. The third-order valence-corrected chi connectivity index (χ3v) is 7.14. The second-order valence-corrected chi connectivity index (χ2v) is 10.8. The summed E-state index contributed by atoms with van der Waals surface area (Å²) in [5, 5.41) is 4.46. The molecule has 0 bridgehead atoms. The maximum atomic E-state index is 13.7. The van der Waals surface area contributed by atoms with Gasteiger partial charge in [0.1, 0.15) is 10.6 Å². The van der Waals surface area contributed by atoms with E-state index in [-0.39, 0.29) is 11.5 Å². The largest absolute Gasteiger partial charge is 0.358 e. The lowest BCUT2D eigenvalue weighted by molar-refractivity contribution is -0.0434. The molecule has 0 radical (unpaired) electrons. The molecular formula is C19H35N3O3S. The van der Waals surface area contributed by atoms with Crippen LogP contribution in [0.3, 0.4) is 0 Å². The average Bonchev–Trinajstić information content (AvgIpc) is 3.06. The molecule has 1 fully saturated rings. The summed E-state index contributed by atoms with van der Waals surface area (Å²) in [5.41, 5.74) is -0.567. The molecule has 6 nitrogen and oxygen atoms in total. The number of hydrogen-bond acceptors (Lipinski definition) is 4. The monoisotopic (exact) mass is 385 g/mol. The Hall–Kier alpha value is -0.920. The molecule has 2 heterocycles. The van der Waals surface area contributed by atoms with Gasteiger partial charge in [0.05, 0.1) is 18.3 Å². The van der Waals surface area contributed by atoms with Crippen LogP contribution in [0.4, 0.5) is 0 Å². The first-order valence-corrected chi connectivity index (χ1v) is 11.0. The van der Waals surface area contributed by atoms with Gasteiger partial charge >= 0.3 is 0 Å². The quantitative estimate of drug-likeness (QED) is 0.749. The summed E-state index contributed by atoms with van der Waals surface area (Å²) in [6, 6.07) is -0.148. The summed E-state index contributed by atoms with van der Waals surface area (Å²) in [6.07, 6.45) is 3.95. The highest BCUT2D eigenvalue weighted by atomic mass is 32.2. The predicted molar refractivity (Wildman–Crippen MR) is 103 cm³/mol. The van der Waals surface area contributed by atoms with E-state index < -0.39 is 15.7 Å². The minimum Gasteiger partial charge on any atom is -0.358 e. The molecule has 0 amide bonds. The summed E-state index contributed by atoms with van der Waals surface area (Å²) < 4.78 is 36.8. The summed E-state index contributed by atoms with van der Waals surface area (Å²) >= 11 is 0. The number of rotatable bonds is 6. The van der Waals surface area contributed by atoms with Crippen LogP contribution in [-0.2, 0) is 27.2 Å². The van der Waals surface area contributed by atoms with Gasteiger partial charge in [-0.25, -0.2) is 8.42 Å². The Labute approximate surface area is 159 Å². The third-order valence-electron chi connectivity index (χ3n) is 5.08. The van der Waals surface area contributed by atoms with Crippen LogP contribution in [0.15, 0.2) is 11.1 Å². The van der Waals surface area contributed by atoms with Crippen LogP contribution in [0.25, 0.3) is 0 Å². The number of sulfonamides is 1. The minimum atomic E-state index is -3.72. The molecule has 1 aliphatic heterocycles. The van der Waals surface area contributed by atoms with Gasteiger partial charge in [0, 0.05) is 18.7 Å². The van der Waals surface area contributed by atoms with Gasteiger partial charge in [0.25, 0.3) is 0 Å². The third kappa shape index (κ3) is 3.99. The van der Waals surface area contributed by atoms with Crippen LogP contribution in [0.5, 0.6) is 0 Å². The number of aromatic nitrogens is 2. The highest BCUT2D eigenvalue weighted by molar-refractivity contribution is 7.89. The second-order valence-electron chi connectivity index (χ2n) is 9.05. The smallest absolute Gasteiger partial charge is 0.249 e. The molecule has 0 aromatic carbocycles. The molecule has 2 atom stereocenters. The maximum Gasteiger partial charge on any atom is 0.249 e. The summed E-state index contributed by atoms with van der Waals surface area (Å²) in [6.45, 7) is 14.6. The van der Waals surface area contributed by atoms with Crippen molar-refractivity contribution in [3.05, 3.63) is 11.9 Å². The zero-order valence-electron chi connectivity index (χ0n) is 17.5. The first-order valence-electron chi connectivity index (χ1n) is 9.55. The maximum absolute atomic E-state index is 13.7. The van der Waals surface area contributed by atoms with Crippen molar-refractivity contribution in [2.24, 2.45) is 13.0 Å². The molecule has 2 rings (SSSR count). The topological polar surface area (TPSA) is 64.4 Å². The van der Waals surface area contributed by atoms with Crippen LogP contribution in [0.2, 0.25) is 0 Å². The molecule has 0 saturated carbocycles. The molecule has 0 aliphatic carbocycles. The normalized spacial score (nSPS) is 25.3. The zero-order valence-corrected chi connectivity index (χ0v) is 18.4. The van der Waals surface area contributed by atoms with E-state index in [1.807, 2.05) is 34.6 Å². The standard InChI is InChI=1S/C19H35N3O3S/c1-9-15-13-25-19(7,11-10-14(2)3)22(15)26(23,24)16-12-21(8)20-17(16)18(4,5)6/h12,14-15H,9-11,13H2,1-8H3. The SMILES string of the molecule is CCC1COC(C)(CCC(C)C)N1S(=O)(=O)c1cn(C)nc1C(C)(C)C. The number of aryl methyl sites for hydroxylation is 1. The molecule has 0 N–H and O–H groups in total. The molecule has 1 aliphatic rings. The molecule has 7 heteroatoms. The fraction of sp³-hybridized carbons (Fsp3) is 0.842. The molecule has 0 spiro atoms. The van der Waals surface area contributed by atoms with Gasteiger partial charge in [-0.3, -0.25) is 4.68 Å². The van der Waals surface area contributed by atoms with E-state index in [4.69, 9.17) is 4.74 Å². The van der Waals surface area contributed by atoms with E-state index in [9.17, 15) is 8.42 Å². The lowest BCUT2D eigenvalue weighted by Gasteiger charge is -2.36. The Morgan fingerprint density at radius 3 is 2.50 bits per heavy atom. The molecular weight excluding hydrogens is 350 g/mol. The van der Waals surface area contributed by atoms with Gasteiger partial charge < -0.3 is 4.74 Å². The number of hydrogen-bond donors (Lipinski definition) is 0. The van der Waals surface area contributed by atoms with E-state index in [1.165, 1.54) is 0 Å². The Kier molecular flexibility index (Phi) is 5.96. The van der Waals surface area contributed by atoms with E-state index >= 15 is 0 Å². The first kappa shape index (κ1) is 21.4. The molecule has 26 heavy (non-hydrogen) atoms. The van der Waals surface area contributed by atoms with Crippen LogP contribution in [-0.4, -0.2) is 40.9 Å². The minimum absolute atomic E-state index is 0.148. The highest BCUT2D eigenvalue weighted by Gasteiger charge is 2.51. The molecule has 1 aromatic heterocycles. The Balaban J connectivity index is 2.54. The van der Waals surface area contributed by atoms with E-state index in [2.05, 4.69) is 18.9 Å². The van der Waals surface area contributed by atoms with Gasteiger partial charge in [-0.1, -0.05) is 41.5 Å². The molecule has 1 saturated heterocycles. The lowest BCUT2D eigenvalue weighted by Crippen LogP contribution is -2.49. The molecule has 150 valence electrons. The zero-order chi connectivity index (χ0) is 19.9. The second kappa shape index (κ2) is 7.24. The Morgan fingerprint density at radius 2 is 2.00 bits per heavy atom. The van der Waals surface area contributed by atoms with E-state index in [1.54, 1.807) is 22.2 Å². The predicted octanol–water partition coefficient (Wildman–Crippen LogP) is 3.67. The average molecular weight is 386 g/mol. The van der Waals surface area contributed by atoms with Crippen LogP contribution < -0.4 is 0 Å². The fourth-order valence-electron chi connectivity index (χ4n) is 3.55. The first-order chi connectivity index (χ1) is 11.8.